The van der Waals surface area contributed by atoms with E-state index in [1.54, 1.807) is 22.7 Å². The third kappa shape index (κ3) is 3.14. The van der Waals surface area contributed by atoms with Crippen molar-refractivity contribution in [2.24, 2.45) is 0 Å². The second-order valence-electron chi connectivity index (χ2n) is 3.68. The molecule has 2 rings (SSSR count). The summed E-state index contributed by atoms with van der Waals surface area (Å²) in [6.07, 6.45) is 1.33. The van der Waals surface area contributed by atoms with Crippen LogP contribution in [0.3, 0.4) is 0 Å². The summed E-state index contributed by atoms with van der Waals surface area (Å²) in [5, 5.41) is 5.54. The van der Waals surface area contributed by atoms with Crippen molar-refractivity contribution in [3.05, 3.63) is 33.0 Å². The molecule has 1 amide bonds. The van der Waals surface area contributed by atoms with Gasteiger partial charge in [0.1, 0.15) is 0 Å². The van der Waals surface area contributed by atoms with Gasteiger partial charge in [-0.2, -0.15) is 0 Å². The molecule has 1 N–H and O–H groups in total. The van der Waals surface area contributed by atoms with Gasteiger partial charge in [0, 0.05) is 9.75 Å². The van der Waals surface area contributed by atoms with Gasteiger partial charge < -0.3 is 5.32 Å². The first-order valence-electron chi connectivity index (χ1n) is 5.47. The molecule has 2 aromatic rings. The zero-order valence-corrected chi connectivity index (χ0v) is 11.5. The number of aromatic nitrogens is 1. The fourth-order valence-electron chi connectivity index (χ4n) is 1.54. The molecule has 0 saturated carbocycles. The monoisotopic (exact) mass is 266 g/mol. The van der Waals surface area contributed by atoms with Crippen LogP contribution in [-0.4, -0.2) is 10.9 Å². The summed E-state index contributed by atoms with van der Waals surface area (Å²) in [6, 6.07) is 3.92. The summed E-state index contributed by atoms with van der Waals surface area (Å²) in [5.41, 5.74) is 1.07. The van der Waals surface area contributed by atoms with Crippen molar-refractivity contribution < 1.29 is 4.79 Å². The third-order valence-corrected chi connectivity index (χ3v) is 4.19. The highest BCUT2D eigenvalue weighted by atomic mass is 32.1. The van der Waals surface area contributed by atoms with E-state index in [9.17, 15) is 4.79 Å². The molecule has 3 nitrogen and oxygen atoms in total. The molecule has 0 radical (unpaired) electrons. The number of amides is 1. The van der Waals surface area contributed by atoms with Crippen LogP contribution < -0.4 is 5.32 Å². The van der Waals surface area contributed by atoms with Gasteiger partial charge in [-0.3, -0.25) is 4.79 Å². The molecule has 0 spiro atoms. The molecule has 90 valence electrons. The van der Waals surface area contributed by atoms with Gasteiger partial charge in [-0.25, -0.2) is 4.98 Å². The van der Waals surface area contributed by atoms with Gasteiger partial charge in [-0.15, -0.1) is 22.7 Å². The van der Waals surface area contributed by atoms with Gasteiger partial charge in [-0.05, 0) is 24.8 Å². The number of hydrogen-bond acceptors (Lipinski definition) is 4. The average Bonchev–Trinajstić information content (AvgIpc) is 2.88. The molecule has 0 saturated heterocycles. The van der Waals surface area contributed by atoms with Gasteiger partial charge >= 0.3 is 0 Å². The molecule has 0 atom stereocenters. The van der Waals surface area contributed by atoms with Crippen LogP contribution in [-0.2, 0) is 17.6 Å². The third-order valence-electron chi connectivity index (χ3n) is 2.39. The molecule has 17 heavy (non-hydrogen) atoms. The molecule has 0 aliphatic rings. The highest BCUT2D eigenvalue weighted by Gasteiger charge is 2.10. The Kier molecular flexibility index (Phi) is 3.91. The van der Waals surface area contributed by atoms with Crippen molar-refractivity contribution in [1.29, 1.82) is 0 Å². The van der Waals surface area contributed by atoms with Crippen molar-refractivity contribution in [3.63, 3.8) is 0 Å². The molecule has 2 aromatic heterocycles. The fraction of sp³-hybridized carbons (Fsp3) is 0.333. The Balaban J connectivity index is 1.98. The SMILES string of the molecule is CCc1nc(NC(=O)Cc2cccs2)sc1C. The fourth-order valence-corrected chi connectivity index (χ4v) is 3.17. The van der Waals surface area contributed by atoms with Crippen molar-refractivity contribution in [3.8, 4) is 0 Å². The van der Waals surface area contributed by atoms with E-state index in [1.807, 2.05) is 24.4 Å². The maximum atomic E-state index is 11.8. The van der Waals surface area contributed by atoms with E-state index in [2.05, 4.69) is 17.2 Å². The van der Waals surface area contributed by atoms with Gasteiger partial charge in [0.25, 0.3) is 0 Å². The van der Waals surface area contributed by atoms with Crippen LogP contribution in [0.2, 0.25) is 0 Å². The second-order valence-corrected chi connectivity index (χ2v) is 5.92. The van der Waals surface area contributed by atoms with Crippen molar-refractivity contribution in [2.45, 2.75) is 26.7 Å². The predicted molar refractivity (Wildman–Crippen MR) is 72.9 cm³/mol. The lowest BCUT2D eigenvalue weighted by Gasteiger charge is -1.98. The number of anilines is 1. The summed E-state index contributed by atoms with van der Waals surface area (Å²) >= 11 is 3.14. The summed E-state index contributed by atoms with van der Waals surface area (Å²) < 4.78 is 0. The van der Waals surface area contributed by atoms with Crippen molar-refractivity contribution >= 4 is 33.7 Å². The topological polar surface area (TPSA) is 42.0 Å². The largest absolute Gasteiger partial charge is 0.302 e. The molecular weight excluding hydrogens is 252 g/mol. The minimum Gasteiger partial charge on any atom is -0.302 e. The van der Waals surface area contributed by atoms with E-state index in [1.165, 1.54) is 4.88 Å². The second kappa shape index (κ2) is 5.42. The Morgan fingerprint density at radius 2 is 2.35 bits per heavy atom. The number of carbonyl (C=O) groups is 1. The smallest absolute Gasteiger partial charge is 0.231 e. The Labute approximate surface area is 109 Å². The van der Waals surface area contributed by atoms with Crippen LogP contribution in [0.15, 0.2) is 17.5 Å². The normalized spacial score (nSPS) is 10.5. The lowest BCUT2D eigenvalue weighted by molar-refractivity contribution is -0.115. The molecule has 0 aromatic carbocycles. The van der Waals surface area contributed by atoms with Gasteiger partial charge in [0.05, 0.1) is 12.1 Å². The number of nitrogens with one attached hydrogen (secondary N) is 1. The molecule has 0 bridgehead atoms. The predicted octanol–water partition coefficient (Wildman–Crippen LogP) is 3.26. The maximum absolute atomic E-state index is 11.8. The van der Waals surface area contributed by atoms with Gasteiger partial charge in [-0.1, -0.05) is 13.0 Å². The Bertz CT molecular complexity index is 503. The van der Waals surface area contributed by atoms with Gasteiger partial charge in [0.15, 0.2) is 5.13 Å². The molecule has 0 aliphatic heterocycles. The quantitative estimate of drug-likeness (QED) is 0.923. The first kappa shape index (κ1) is 12.3. The number of thiazole rings is 1. The van der Waals surface area contributed by atoms with E-state index in [4.69, 9.17) is 0 Å². The van der Waals surface area contributed by atoms with Crippen LogP contribution in [0.5, 0.6) is 0 Å². The van der Waals surface area contributed by atoms with Crippen LogP contribution in [0.4, 0.5) is 5.13 Å². The molecular formula is C12H14N2OS2. The van der Waals surface area contributed by atoms with Crippen LogP contribution in [0, 0.1) is 6.92 Å². The number of hydrogen-bond donors (Lipinski definition) is 1. The lowest BCUT2D eigenvalue weighted by Crippen LogP contribution is -2.13. The van der Waals surface area contributed by atoms with Gasteiger partial charge in [0.2, 0.25) is 5.91 Å². The minimum absolute atomic E-state index is 0.00357. The Morgan fingerprint density at radius 3 is 2.94 bits per heavy atom. The summed E-state index contributed by atoms with van der Waals surface area (Å²) in [6.45, 7) is 4.10. The van der Waals surface area contributed by atoms with Crippen molar-refractivity contribution in [1.82, 2.24) is 4.98 Å². The molecule has 2 heterocycles. The summed E-state index contributed by atoms with van der Waals surface area (Å²) in [5.74, 6) is 0.00357. The highest BCUT2D eigenvalue weighted by Crippen LogP contribution is 2.22. The number of thiophene rings is 1. The van der Waals surface area contributed by atoms with E-state index in [0.717, 1.165) is 17.0 Å². The molecule has 0 aliphatic carbocycles. The highest BCUT2D eigenvalue weighted by molar-refractivity contribution is 7.15. The maximum Gasteiger partial charge on any atom is 0.231 e. The molecule has 0 unspecified atom stereocenters. The number of rotatable bonds is 4. The Morgan fingerprint density at radius 1 is 1.53 bits per heavy atom. The number of nitrogens with zero attached hydrogens (tertiary/aromatic N) is 1. The van der Waals surface area contributed by atoms with E-state index >= 15 is 0 Å². The number of aryl methyl sites for hydroxylation is 2. The molecule has 0 fully saturated rings. The zero-order valence-electron chi connectivity index (χ0n) is 9.82. The van der Waals surface area contributed by atoms with E-state index < -0.39 is 0 Å². The average molecular weight is 266 g/mol. The van der Waals surface area contributed by atoms with E-state index in [-0.39, 0.29) is 5.91 Å². The summed E-state index contributed by atoms with van der Waals surface area (Å²) in [7, 11) is 0. The summed E-state index contributed by atoms with van der Waals surface area (Å²) in [4.78, 5) is 18.4. The minimum atomic E-state index is 0.00357. The van der Waals surface area contributed by atoms with Crippen LogP contribution in [0.25, 0.3) is 0 Å². The van der Waals surface area contributed by atoms with Crippen LogP contribution >= 0.6 is 22.7 Å². The standard InChI is InChI=1S/C12H14N2OS2/c1-3-10-8(2)17-12(13-10)14-11(15)7-9-5-4-6-16-9/h4-6H,3,7H2,1-2H3,(H,13,14,15). The van der Waals surface area contributed by atoms with Crippen LogP contribution in [0.1, 0.15) is 22.4 Å². The lowest BCUT2D eigenvalue weighted by atomic mass is 10.3. The molecule has 5 heteroatoms. The first-order valence-corrected chi connectivity index (χ1v) is 7.17. The van der Waals surface area contributed by atoms with E-state index in [0.29, 0.717) is 11.6 Å². The zero-order chi connectivity index (χ0) is 12.3. The van der Waals surface area contributed by atoms with Crippen molar-refractivity contribution in [2.75, 3.05) is 5.32 Å². The number of carbonyl (C=O) groups excluding carboxylic acids is 1. The Hall–Kier alpha value is -1.20. The first-order chi connectivity index (χ1) is 8.19.